The molecule has 0 spiro atoms. The number of hydrogen-bond acceptors (Lipinski definition) is 2. The summed E-state index contributed by atoms with van der Waals surface area (Å²) in [5.41, 5.74) is 1.40. The van der Waals surface area contributed by atoms with Gasteiger partial charge in [0.15, 0.2) is 0 Å². The van der Waals surface area contributed by atoms with Crippen LogP contribution in [0.5, 0.6) is 0 Å². The van der Waals surface area contributed by atoms with Crippen LogP contribution in [0.25, 0.3) is 0 Å². The first-order chi connectivity index (χ1) is 7.11. The second-order valence-corrected chi connectivity index (χ2v) is 3.52. The average molecular weight is 205 g/mol. The van der Waals surface area contributed by atoms with E-state index in [1.165, 1.54) is 0 Å². The van der Waals surface area contributed by atoms with Crippen LogP contribution in [0.4, 0.5) is 0 Å². The molecule has 0 aliphatic heterocycles. The molecule has 1 unspecified atom stereocenters. The highest BCUT2D eigenvalue weighted by atomic mass is 16.5. The fraction of sp³-hybridized carbons (Fsp3) is 0.462. The zero-order valence-electron chi connectivity index (χ0n) is 9.62. The molecule has 0 aliphatic carbocycles. The van der Waals surface area contributed by atoms with Gasteiger partial charge in [-0.25, -0.2) is 0 Å². The molecule has 0 rings (SSSR count). The molecule has 0 fully saturated rings. The van der Waals surface area contributed by atoms with Crippen molar-refractivity contribution in [1.82, 2.24) is 0 Å². The second kappa shape index (κ2) is 8.02. The van der Waals surface area contributed by atoms with Crippen molar-refractivity contribution in [3.63, 3.8) is 0 Å². The number of rotatable bonds is 7. The summed E-state index contributed by atoms with van der Waals surface area (Å²) in [6.07, 6.45) is 4.53. The molecule has 0 heterocycles. The fourth-order valence-electron chi connectivity index (χ4n) is 0.921. The lowest BCUT2D eigenvalue weighted by Gasteiger charge is -2.11. The summed E-state index contributed by atoms with van der Waals surface area (Å²) in [5.74, 6) is 0.277. The molecule has 0 saturated heterocycles. The highest BCUT2D eigenvalue weighted by Crippen LogP contribution is 2.11. The first-order valence-electron chi connectivity index (χ1n) is 5.15. The van der Waals surface area contributed by atoms with Crippen molar-refractivity contribution in [3.05, 3.63) is 36.5 Å². The number of nitrogens with zero attached hydrogens (tertiary/aromatic N) is 1. The Balaban J connectivity index is 3.94. The molecule has 0 N–H and O–H groups in total. The van der Waals surface area contributed by atoms with Crippen LogP contribution in [0, 0.1) is 17.2 Å². The largest absolute Gasteiger partial charge is 0.381 e. The third kappa shape index (κ3) is 6.70. The average Bonchev–Trinajstić information content (AvgIpc) is 2.25. The quantitative estimate of drug-likeness (QED) is 0.363. The van der Waals surface area contributed by atoms with E-state index in [4.69, 9.17) is 10.00 Å². The lowest BCUT2D eigenvalue weighted by atomic mass is 10.0. The summed E-state index contributed by atoms with van der Waals surface area (Å²) in [6, 6.07) is 1.96. The van der Waals surface area contributed by atoms with Gasteiger partial charge < -0.3 is 4.74 Å². The van der Waals surface area contributed by atoms with Crippen LogP contribution in [0.15, 0.2) is 36.5 Å². The lowest BCUT2D eigenvalue weighted by molar-refractivity contribution is 0.116. The van der Waals surface area contributed by atoms with E-state index in [2.05, 4.69) is 27.0 Å². The van der Waals surface area contributed by atoms with Gasteiger partial charge in [-0.3, -0.25) is 0 Å². The molecule has 2 nitrogen and oxygen atoms in total. The third-order valence-corrected chi connectivity index (χ3v) is 1.99. The molecule has 0 aliphatic rings. The van der Waals surface area contributed by atoms with Crippen LogP contribution in [0.2, 0.25) is 0 Å². The topological polar surface area (TPSA) is 33.0 Å². The minimum Gasteiger partial charge on any atom is -0.381 e. The van der Waals surface area contributed by atoms with Gasteiger partial charge in [0.25, 0.3) is 0 Å². The predicted octanol–water partition coefficient (Wildman–Crippen LogP) is 3.24. The van der Waals surface area contributed by atoms with E-state index in [9.17, 15) is 0 Å². The Morgan fingerprint density at radius 2 is 2.13 bits per heavy atom. The van der Waals surface area contributed by atoms with Crippen LogP contribution < -0.4 is 0 Å². The van der Waals surface area contributed by atoms with Crippen molar-refractivity contribution in [3.8, 4) is 6.07 Å². The highest BCUT2D eigenvalue weighted by Gasteiger charge is 2.03. The molecule has 15 heavy (non-hydrogen) atoms. The first-order valence-corrected chi connectivity index (χ1v) is 5.15. The van der Waals surface area contributed by atoms with Crippen molar-refractivity contribution < 1.29 is 4.74 Å². The Bertz CT molecular complexity index is 283. The van der Waals surface area contributed by atoms with Gasteiger partial charge in [-0.1, -0.05) is 38.7 Å². The molecule has 1 atom stereocenters. The van der Waals surface area contributed by atoms with Crippen molar-refractivity contribution in [2.45, 2.75) is 20.3 Å². The molecular formula is C13H19NO. The van der Waals surface area contributed by atoms with E-state index < -0.39 is 0 Å². The van der Waals surface area contributed by atoms with Gasteiger partial charge in [0, 0.05) is 18.1 Å². The maximum atomic E-state index is 8.50. The van der Waals surface area contributed by atoms with Crippen molar-refractivity contribution in [2.75, 3.05) is 13.2 Å². The number of hydrogen-bond donors (Lipinski definition) is 0. The maximum absolute atomic E-state index is 8.50. The van der Waals surface area contributed by atoms with E-state index in [0.29, 0.717) is 12.2 Å². The summed E-state index contributed by atoms with van der Waals surface area (Å²) in [7, 11) is 0. The molecule has 0 aromatic carbocycles. The lowest BCUT2D eigenvalue weighted by Crippen LogP contribution is -2.07. The van der Waals surface area contributed by atoms with Gasteiger partial charge in [0.1, 0.15) is 0 Å². The SMILES string of the molecule is C=C(C#N)/C=C\C(=C)C(C)COCCC. The van der Waals surface area contributed by atoms with Crippen molar-refractivity contribution in [2.24, 2.45) is 5.92 Å². The summed E-state index contributed by atoms with van der Waals surface area (Å²) in [5, 5.41) is 8.50. The minimum absolute atomic E-state index is 0.277. The second-order valence-electron chi connectivity index (χ2n) is 3.52. The monoisotopic (exact) mass is 205 g/mol. The normalized spacial score (nSPS) is 12.3. The van der Waals surface area contributed by atoms with Gasteiger partial charge in [0.2, 0.25) is 0 Å². The minimum atomic E-state index is 0.277. The maximum Gasteiger partial charge on any atom is 0.0985 e. The first kappa shape index (κ1) is 13.7. The molecule has 0 radical (unpaired) electrons. The van der Waals surface area contributed by atoms with Gasteiger partial charge in [-0.2, -0.15) is 5.26 Å². The molecule has 0 saturated carbocycles. The van der Waals surface area contributed by atoms with E-state index in [0.717, 1.165) is 18.6 Å². The number of allylic oxidation sites excluding steroid dienone is 3. The van der Waals surface area contributed by atoms with Gasteiger partial charge >= 0.3 is 0 Å². The smallest absolute Gasteiger partial charge is 0.0985 e. The van der Waals surface area contributed by atoms with E-state index in [1.54, 1.807) is 6.08 Å². The highest BCUT2D eigenvalue weighted by molar-refractivity contribution is 5.33. The van der Waals surface area contributed by atoms with E-state index >= 15 is 0 Å². The Morgan fingerprint density at radius 3 is 2.67 bits per heavy atom. The van der Waals surface area contributed by atoms with Gasteiger partial charge in [0.05, 0.1) is 12.7 Å². The molecule has 82 valence electrons. The van der Waals surface area contributed by atoms with E-state index in [1.807, 2.05) is 12.1 Å². The summed E-state index contributed by atoms with van der Waals surface area (Å²) in [6.45, 7) is 13.1. The van der Waals surface area contributed by atoms with Crippen LogP contribution in [-0.2, 0) is 4.74 Å². The van der Waals surface area contributed by atoms with Crippen LogP contribution >= 0.6 is 0 Å². The molecule has 0 aromatic heterocycles. The molecule has 0 aromatic rings. The Hall–Kier alpha value is -1.33. The van der Waals surface area contributed by atoms with Gasteiger partial charge in [-0.05, 0) is 12.5 Å². The zero-order chi connectivity index (χ0) is 11.7. The Morgan fingerprint density at radius 1 is 1.47 bits per heavy atom. The predicted molar refractivity (Wildman–Crippen MR) is 63.3 cm³/mol. The summed E-state index contributed by atoms with van der Waals surface area (Å²) >= 11 is 0. The van der Waals surface area contributed by atoms with Crippen LogP contribution in [0.3, 0.4) is 0 Å². The third-order valence-electron chi connectivity index (χ3n) is 1.99. The standard InChI is InChI=1S/C13H19NO/c1-5-8-15-10-13(4)12(3)7-6-11(2)9-14/h6-7,13H,2-3,5,8,10H2,1,4H3/b7-6-. The van der Waals surface area contributed by atoms with Crippen molar-refractivity contribution >= 4 is 0 Å². The molecule has 2 heteroatoms. The van der Waals surface area contributed by atoms with Crippen LogP contribution in [-0.4, -0.2) is 13.2 Å². The van der Waals surface area contributed by atoms with Crippen LogP contribution in [0.1, 0.15) is 20.3 Å². The van der Waals surface area contributed by atoms with Gasteiger partial charge in [-0.15, -0.1) is 0 Å². The number of nitriles is 1. The van der Waals surface area contributed by atoms with E-state index in [-0.39, 0.29) is 5.92 Å². The van der Waals surface area contributed by atoms with Crippen molar-refractivity contribution in [1.29, 1.82) is 5.26 Å². The Labute approximate surface area is 92.6 Å². The molecular weight excluding hydrogens is 186 g/mol. The zero-order valence-corrected chi connectivity index (χ0v) is 9.62. The molecule has 0 amide bonds. The summed E-state index contributed by atoms with van der Waals surface area (Å²) < 4.78 is 5.42. The number of ether oxygens (including phenoxy) is 1. The summed E-state index contributed by atoms with van der Waals surface area (Å²) in [4.78, 5) is 0. The Kier molecular flexibility index (Phi) is 7.31. The fourth-order valence-corrected chi connectivity index (χ4v) is 0.921. The molecule has 0 bridgehead atoms.